The zero-order valence-corrected chi connectivity index (χ0v) is 13.9. The van der Waals surface area contributed by atoms with Crippen LogP contribution in [0.25, 0.3) is 0 Å². The molecular weight excluding hydrogens is 322 g/mol. The number of hydrogen-bond acceptors (Lipinski definition) is 4. The number of nitro benzene ring substituents is 1. The second-order valence-electron chi connectivity index (χ2n) is 6.48. The third-order valence-corrected chi connectivity index (χ3v) is 4.83. The Morgan fingerprint density at radius 2 is 1.80 bits per heavy atom. The van der Waals surface area contributed by atoms with E-state index in [0.29, 0.717) is 18.5 Å². The van der Waals surface area contributed by atoms with Crippen LogP contribution in [0.4, 0.5) is 11.4 Å². The topological polar surface area (TPSA) is 92.5 Å². The quantitative estimate of drug-likeness (QED) is 0.517. The molecule has 1 fully saturated rings. The van der Waals surface area contributed by atoms with Gasteiger partial charge in [0, 0.05) is 30.9 Å². The number of nitro groups is 1. The number of carbonyl (C=O) groups is 2. The minimum Gasteiger partial charge on any atom is -0.342 e. The van der Waals surface area contributed by atoms with Crippen molar-refractivity contribution in [2.45, 2.75) is 25.7 Å². The molecule has 1 aliphatic heterocycles. The second kappa shape index (κ2) is 7.46. The maximum atomic E-state index is 12.7. The monoisotopic (exact) mass is 343 g/mol. The van der Waals surface area contributed by atoms with Gasteiger partial charge in [-0.2, -0.15) is 0 Å². The van der Waals surface area contributed by atoms with Gasteiger partial charge in [-0.3, -0.25) is 19.7 Å². The van der Waals surface area contributed by atoms with Crippen molar-refractivity contribution in [1.29, 1.82) is 0 Å². The van der Waals surface area contributed by atoms with E-state index in [1.807, 2.05) is 17.1 Å². The molecule has 7 heteroatoms. The summed E-state index contributed by atoms with van der Waals surface area (Å²) in [6, 6.07) is 5.84. The van der Waals surface area contributed by atoms with E-state index in [4.69, 9.17) is 0 Å². The highest BCUT2D eigenvalue weighted by molar-refractivity contribution is 5.96. The maximum absolute atomic E-state index is 12.7. The summed E-state index contributed by atoms with van der Waals surface area (Å²) in [5.74, 6) is -1.03. The van der Waals surface area contributed by atoms with Crippen molar-refractivity contribution >= 4 is 23.2 Å². The summed E-state index contributed by atoms with van der Waals surface area (Å²) in [5.41, 5.74) is 0.298. The molecule has 2 unspecified atom stereocenters. The van der Waals surface area contributed by atoms with Gasteiger partial charge in [0.05, 0.1) is 16.8 Å². The molecule has 0 spiro atoms. The van der Waals surface area contributed by atoms with Crippen LogP contribution in [-0.2, 0) is 9.59 Å². The van der Waals surface area contributed by atoms with E-state index in [2.05, 4.69) is 5.32 Å². The maximum Gasteiger partial charge on any atom is 0.271 e. The van der Waals surface area contributed by atoms with Gasteiger partial charge in [-0.15, -0.1) is 0 Å². The molecule has 1 aromatic rings. The smallest absolute Gasteiger partial charge is 0.271 e. The molecule has 1 N–H and O–H groups in total. The fraction of sp³-hybridized carbons (Fsp3) is 0.444. The molecule has 2 amide bonds. The van der Waals surface area contributed by atoms with E-state index in [9.17, 15) is 19.7 Å². The lowest BCUT2D eigenvalue weighted by molar-refractivity contribution is -0.384. The van der Waals surface area contributed by atoms with Gasteiger partial charge < -0.3 is 10.2 Å². The van der Waals surface area contributed by atoms with Gasteiger partial charge >= 0.3 is 0 Å². The standard InChI is InChI=1S/C18H21N3O4/c22-17(19-13-6-5-7-14(12-13)21(24)25)15-8-1-2-9-16(15)18(23)20-10-3-4-11-20/h1-2,5-7,12,15-16H,3-4,8-11H2,(H,19,22). The van der Waals surface area contributed by atoms with Gasteiger partial charge in [-0.1, -0.05) is 18.2 Å². The number of likely N-dealkylation sites (tertiary alicyclic amines) is 1. The Labute approximate surface area is 145 Å². The number of nitrogens with zero attached hydrogens (tertiary/aromatic N) is 2. The van der Waals surface area contributed by atoms with Crippen molar-refractivity contribution in [3.8, 4) is 0 Å². The molecule has 1 aromatic carbocycles. The second-order valence-corrected chi connectivity index (χ2v) is 6.48. The predicted molar refractivity (Wildman–Crippen MR) is 92.9 cm³/mol. The molecule has 7 nitrogen and oxygen atoms in total. The molecule has 1 saturated heterocycles. The first-order chi connectivity index (χ1) is 12.1. The van der Waals surface area contributed by atoms with Gasteiger partial charge in [0.25, 0.3) is 5.69 Å². The lowest BCUT2D eigenvalue weighted by Crippen LogP contribution is -2.42. The molecule has 132 valence electrons. The van der Waals surface area contributed by atoms with Gasteiger partial charge in [0.15, 0.2) is 0 Å². The van der Waals surface area contributed by atoms with Crippen molar-refractivity contribution < 1.29 is 14.5 Å². The first kappa shape index (κ1) is 17.1. The number of amides is 2. The van der Waals surface area contributed by atoms with Crippen LogP contribution in [-0.4, -0.2) is 34.7 Å². The van der Waals surface area contributed by atoms with Crippen LogP contribution in [0, 0.1) is 22.0 Å². The zero-order valence-electron chi connectivity index (χ0n) is 13.9. The highest BCUT2D eigenvalue weighted by atomic mass is 16.6. The summed E-state index contributed by atoms with van der Waals surface area (Å²) < 4.78 is 0. The number of allylic oxidation sites excluding steroid dienone is 2. The van der Waals surface area contributed by atoms with Crippen molar-refractivity contribution in [2.24, 2.45) is 11.8 Å². The van der Waals surface area contributed by atoms with E-state index in [-0.39, 0.29) is 23.4 Å². The molecule has 0 radical (unpaired) electrons. The number of hydrogen-bond donors (Lipinski definition) is 1. The van der Waals surface area contributed by atoms with Crippen molar-refractivity contribution in [3.63, 3.8) is 0 Å². The number of benzene rings is 1. The van der Waals surface area contributed by atoms with Crippen LogP contribution in [0.15, 0.2) is 36.4 Å². The highest BCUT2D eigenvalue weighted by Gasteiger charge is 2.37. The van der Waals surface area contributed by atoms with E-state index < -0.39 is 10.8 Å². The Morgan fingerprint density at radius 3 is 2.48 bits per heavy atom. The average Bonchev–Trinajstić information content (AvgIpc) is 3.16. The van der Waals surface area contributed by atoms with Crippen LogP contribution < -0.4 is 5.32 Å². The SMILES string of the molecule is O=C(Nc1cccc([N+](=O)[O-])c1)C1CC=CCC1C(=O)N1CCCC1. The number of anilines is 1. The van der Waals surface area contributed by atoms with Gasteiger partial charge in [0.2, 0.25) is 11.8 Å². The van der Waals surface area contributed by atoms with Crippen LogP contribution in [0.1, 0.15) is 25.7 Å². The summed E-state index contributed by atoms with van der Waals surface area (Å²) >= 11 is 0. The Kier molecular flexibility index (Phi) is 5.11. The third-order valence-electron chi connectivity index (χ3n) is 4.83. The molecule has 25 heavy (non-hydrogen) atoms. The molecule has 1 aliphatic carbocycles. The van der Waals surface area contributed by atoms with Gasteiger partial charge in [-0.25, -0.2) is 0 Å². The number of non-ortho nitro benzene ring substituents is 1. The van der Waals surface area contributed by atoms with Gasteiger partial charge in [-0.05, 0) is 31.7 Å². The predicted octanol–water partition coefficient (Wildman–Crippen LogP) is 2.74. The molecule has 0 bridgehead atoms. The number of nitrogens with one attached hydrogen (secondary N) is 1. The lowest BCUT2D eigenvalue weighted by atomic mass is 9.81. The van der Waals surface area contributed by atoms with E-state index in [1.54, 1.807) is 6.07 Å². The summed E-state index contributed by atoms with van der Waals surface area (Å²) in [4.78, 5) is 37.6. The molecule has 3 rings (SSSR count). The summed E-state index contributed by atoms with van der Waals surface area (Å²) in [6.07, 6.45) is 6.96. The van der Waals surface area contributed by atoms with E-state index in [1.165, 1.54) is 18.2 Å². The molecule has 1 heterocycles. The highest BCUT2D eigenvalue weighted by Crippen LogP contribution is 2.30. The van der Waals surface area contributed by atoms with E-state index in [0.717, 1.165) is 25.9 Å². The minimum atomic E-state index is -0.501. The Balaban J connectivity index is 1.72. The number of carbonyl (C=O) groups excluding carboxylic acids is 2. The van der Waals surface area contributed by atoms with Gasteiger partial charge in [0.1, 0.15) is 0 Å². The van der Waals surface area contributed by atoms with Crippen LogP contribution in [0.2, 0.25) is 0 Å². The Hall–Kier alpha value is -2.70. The van der Waals surface area contributed by atoms with Crippen molar-refractivity contribution in [1.82, 2.24) is 4.90 Å². The number of rotatable bonds is 4. The Bertz CT molecular complexity index is 710. The summed E-state index contributed by atoms with van der Waals surface area (Å²) in [5, 5.41) is 13.6. The third kappa shape index (κ3) is 3.87. The first-order valence-electron chi connectivity index (χ1n) is 8.55. The summed E-state index contributed by atoms with van der Waals surface area (Å²) in [6.45, 7) is 1.52. The van der Waals surface area contributed by atoms with Crippen molar-refractivity contribution in [2.75, 3.05) is 18.4 Å². The summed E-state index contributed by atoms with van der Waals surface area (Å²) in [7, 11) is 0. The molecular formula is C18H21N3O4. The van der Waals surface area contributed by atoms with Crippen LogP contribution in [0.3, 0.4) is 0 Å². The molecule has 0 aromatic heterocycles. The zero-order chi connectivity index (χ0) is 17.8. The van der Waals surface area contributed by atoms with Crippen LogP contribution >= 0.6 is 0 Å². The lowest BCUT2D eigenvalue weighted by Gasteiger charge is -2.30. The van der Waals surface area contributed by atoms with E-state index >= 15 is 0 Å². The molecule has 2 atom stereocenters. The normalized spacial score (nSPS) is 22.6. The fourth-order valence-electron chi connectivity index (χ4n) is 3.48. The minimum absolute atomic E-state index is 0.0426. The average molecular weight is 343 g/mol. The van der Waals surface area contributed by atoms with Crippen LogP contribution in [0.5, 0.6) is 0 Å². The van der Waals surface area contributed by atoms with Crippen molar-refractivity contribution in [3.05, 3.63) is 46.5 Å². The molecule has 0 saturated carbocycles. The molecule has 2 aliphatic rings. The fourth-order valence-corrected chi connectivity index (χ4v) is 3.48. The largest absolute Gasteiger partial charge is 0.342 e. The first-order valence-corrected chi connectivity index (χ1v) is 8.55. The Morgan fingerprint density at radius 1 is 1.12 bits per heavy atom.